The Kier molecular flexibility index (Phi) is 7.68. The third-order valence-electron chi connectivity index (χ3n) is 4.70. The summed E-state index contributed by atoms with van der Waals surface area (Å²) >= 11 is 21.8. The van der Waals surface area contributed by atoms with Gasteiger partial charge >= 0.3 is 5.91 Å². The molecule has 1 aromatic heterocycles. The number of hydrogen-bond acceptors (Lipinski definition) is 5. The maximum atomic E-state index is 12.4. The first-order valence-corrected chi connectivity index (χ1v) is 11.7. The van der Waals surface area contributed by atoms with Crippen LogP contribution in [0.4, 0.5) is 0 Å². The summed E-state index contributed by atoms with van der Waals surface area (Å²) in [5.41, 5.74) is 4.45. The summed E-state index contributed by atoms with van der Waals surface area (Å²) in [5.74, 6) is 0.434. The average Bonchev–Trinajstić information content (AvgIpc) is 3.23. The lowest BCUT2D eigenvalue weighted by atomic mass is 10.2. The molecule has 34 heavy (non-hydrogen) atoms. The summed E-state index contributed by atoms with van der Waals surface area (Å²) in [5, 5.41) is 6.00. The summed E-state index contributed by atoms with van der Waals surface area (Å²) in [6, 6.07) is 15.7. The van der Waals surface area contributed by atoms with E-state index < -0.39 is 5.91 Å². The van der Waals surface area contributed by atoms with Crippen LogP contribution in [0.15, 0.2) is 68.6 Å². The first-order valence-electron chi connectivity index (χ1n) is 9.81. The minimum atomic E-state index is -0.483. The van der Waals surface area contributed by atoms with Gasteiger partial charge in [-0.25, -0.2) is 5.43 Å². The molecule has 0 spiro atoms. The molecule has 0 aliphatic carbocycles. The Morgan fingerprint density at radius 3 is 2.65 bits per heavy atom. The van der Waals surface area contributed by atoms with Crippen molar-refractivity contribution in [3.63, 3.8) is 0 Å². The van der Waals surface area contributed by atoms with E-state index in [0.29, 0.717) is 37.7 Å². The van der Waals surface area contributed by atoms with E-state index in [2.05, 4.69) is 26.5 Å². The zero-order valence-electron chi connectivity index (χ0n) is 17.6. The third-order valence-corrected chi connectivity index (χ3v) is 6.21. The molecule has 0 saturated carbocycles. The highest BCUT2D eigenvalue weighted by molar-refractivity contribution is 9.10. The second kappa shape index (κ2) is 10.7. The maximum Gasteiger partial charge on any atom is 0.307 e. The number of benzene rings is 3. The van der Waals surface area contributed by atoms with Gasteiger partial charge in [0.2, 0.25) is 0 Å². The van der Waals surface area contributed by atoms with Gasteiger partial charge in [0.15, 0.2) is 17.3 Å². The summed E-state index contributed by atoms with van der Waals surface area (Å²) in [6.07, 6.45) is 1.44. The van der Waals surface area contributed by atoms with Crippen molar-refractivity contribution in [3.05, 3.63) is 91.0 Å². The average molecular weight is 583 g/mol. The number of hydrazone groups is 1. The largest absolute Gasteiger partial charge is 0.493 e. The molecule has 0 radical (unpaired) electrons. The van der Waals surface area contributed by atoms with Gasteiger partial charge < -0.3 is 13.9 Å². The molecule has 1 heterocycles. The number of fused-ring (bicyclic) bond motifs is 1. The molecule has 4 rings (SSSR count). The number of carbonyl (C=O) groups is 1. The van der Waals surface area contributed by atoms with Gasteiger partial charge in [0.25, 0.3) is 0 Å². The fourth-order valence-corrected chi connectivity index (χ4v) is 4.06. The normalized spacial score (nSPS) is 11.2. The van der Waals surface area contributed by atoms with Crippen molar-refractivity contribution in [1.82, 2.24) is 5.43 Å². The van der Waals surface area contributed by atoms with Crippen molar-refractivity contribution >= 4 is 73.8 Å². The number of amides is 1. The van der Waals surface area contributed by atoms with Crippen LogP contribution in [0.3, 0.4) is 0 Å². The highest BCUT2D eigenvalue weighted by Gasteiger charge is 2.14. The SMILES string of the molecule is COc1cc(C=NNC(=O)c2cc3cc(Br)ccc3o2)cc(Cl)c1OCc1ccc(Cl)c(Cl)c1. The second-order valence-corrected chi connectivity index (χ2v) is 9.20. The van der Waals surface area contributed by atoms with Crippen LogP contribution in [-0.4, -0.2) is 19.2 Å². The van der Waals surface area contributed by atoms with Gasteiger partial charge in [-0.1, -0.05) is 56.8 Å². The monoisotopic (exact) mass is 580 g/mol. The molecule has 0 atom stereocenters. The predicted octanol–water partition coefficient (Wildman–Crippen LogP) is 7.51. The van der Waals surface area contributed by atoms with Crippen molar-refractivity contribution in [1.29, 1.82) is 0 Å². The Bertz CT molecular complexity index is 1400. The van der Waals surface area contributed by atoms with Crippen LogP contribution in [0, 0.1) is 0 Å². The first-order chi connectivity index (χ1) is 16.3. The van der Waals surface area contributed by atoms with E-state index in [-0.39, 0.29) is 12.4 Å². The minimum absolute atomic E-state index is 0.145. The van der Waals surface area contributed by atoms with E-state index in [1.807, 2.05) is 12.1 Å². The van der Waals surface area contributed by atoms with Gasteiger partial charge in [-0.15, -0.1) is 0 Å². The molecule has 3 aromatic carbocycles. The predicted molar refractivity (Wildman–Crippen MR) is 138 cm³/mol. The highest BCUT2D eigenvalue weighted by atomic mass is 79.9. The number of furan rings is 1. The standard InChI is InChI=1S/C24H16BrCl3N2O4/c1-32-21-8-14(7-19(28)23(21)33-12-13-2-4-17(26)18(27)6-13)11-29-30-24(31)22-10-15-9-16(25)3-5-20(15)34-22/h2-11H,12H2,1H3,(H,30,31). The molecular weight excluding hydrogens is 567 g/mol. The molecule has 0 aliphatic heterocycles. The zero-order valence-corrected chi connectivity index (χ0v) is 21.4. The van der Waals surface area contributed by atoms with Gasteiger partial charge in [-0.3, -0.25) is 4.79 Å². The van der Waals surface area contributed by atoms with Crippen molar-refractivity contribution in [3.8, 4) is 11.5 Å². The second-order valence-electron chi connectivity index (χ2n) is 7.06. The minimum Gasteiger partial charge on any atom is -0.493 e. The van der Waals surface area contributed by atoms with Crippen LogP contribution in [0.25, 0.3) is 11.0 Å². The number of halogens is 4. The van der Waals surface area contributed by atoms with Gasteiger partial charge in [-0.2, -0.15) is 5.10 Å². The van der Waals surface area contributed by atoms with Gasteiger partial charge in [0, 0.05) is 9.86 Å². The number of methoxy groups -OCH3 is 1. The molecule has 4 aromatic rings. The molecule has 6 nitrogen and oxygen atoms in total. The van der Waals surface area contributed by atoms with Crippen LogP contribution in [0.2, 0.25) is 15.1 Å². The van der Waals surface area contributed by atoms with Gasteiger partial charge in [-0.05, 0) is 59.7 Å². The Balaban J connectivity index is 1.44. The fourth-order valence-electron chi connectivity index (χ4n) is 3.09. The van der Waals surface area contributed by atoms with Crippen LogP contribution in [0.5, 0.6) is 11.5 Å². The summed E-state index contributed by atoms with van der Waals surface area (Å²) in [6.45, 7) is 0.213. The van der Waals surface area contributed by atoms with E-state index in [0.717, 1.165) is 15.4 Å². The third kappa shape index (κ3) is 5.67. The molecule has 0 saturated heterocycles. The Labute approximate surface area is 218 Å². The summed E-state index contributed by atoms with van der Waals surface area (Å²) in [7, 11) is 1.50. The number of rotatable bonds is 7. The van der Waals surface area contributed by atoms with Crippen molar-refractivity contribution < 1.29 is 18.7 Å². The van der Waals surface area contributed by atoms with Crippen LogP contribution in [-0.2, 0) is 6.61 Å². The lowest BCUT2D eigenvalue weighted by Gasteiger charge is -2.13. The number of nitrogens with one attached hydrogen (secondary N) is 1. The van der Waals surface area contributed by atoms with Crippen LogP contribution in [0.1, 0.15) is 21.7 Å². The van der Waals surface area contributed by atoms with E-state index in [1.165, 1.54) is 13.3 Å². The quantitative estimate of drug-likeness (QED) is 0.181. The van der Waals surface area contributed by atoms with Gasteiger partial charge in [0.05, 0.1) is 28.4 Å². The molecule has 0 unspecified atom stereocenters. The molecule has 1 N–H and O–H groups in total. The van der Waals surface area contributed by atoms with E-state index in [1.54, 1.807) is 42.5 Å². The fraction of sp³-hybridized carbons (Fsp3) is 0.0833. The lowest BCUT2D eigenvalue weighted by Crippen LogP contribution is -2.16. The van der Waals surface area contributed by atoms with Gasteiger partial charge in [0.1, 0.15) is 12.2 Å². The molecular formula is C24H16BrCl3N2O4. The van der Waals surface area contributed by atoms with E-state index >= 15 is 0 Å². The van der Waals surface area contributed by atoms with Crippen molar-refractivity contribution in [2.45, 2.75) is 6.61 Å². The van der Waals surface area contributed by atoms with Crippen molar-refractivity contribution in [2.75, 3.05) is 7.11 Å². The van der Waals surface area contributed by atoms with Crippen LogP contribution >= 0.6 is 50.7 Å². The topological polar surface area (TPSA) is 73.1 Å². The van der Waals surface area contributed by atoms with E-state index in [9.17, 15) is 4.79 Å². The number of carbonyl (C=O) groups excluding carboxylic acids is 1. The molecule has 0 bridgehead atoms. The first kappa shape index (κ1) is 24.4. The zero-order chi connectivity index (χ0) is 24.2. The highest BCUT2D eigenvalue weighted by Crippen LogP contribution is 2.37. The number of nitrogens with zero attached hydrogens (tertiary/aromatic N) is 1. The Hall–Kier alpha value is -2.71. The molecule has 0 fully saturated rings. The lowest BCUT2D eigenvalue weighted by molar-refractivity contribution is 0.0929. The number of ether oxygens (including phenoxy) is 2. The molecule has 1 amide bonds. The smallest absolute Gasteiger partial charge is 0.307 e. The van der Waals surface area contributed by atoms with Crippen LogP contribution < -0.4 is 14.9 Å². The summed E-state index contributed by atoms with van der Waals surface area (Å²) in [4.78, 5) is 12.4. The Morgan fingerprint density at radius 1 is 1.06 bits per heavy atom. The van der Waals surface area contributed by atoms with E-state index in [4.69, 9.17) is 48.7 Å². The van der Waals surface area contributed by atoms with Crippen molar-refractivity contribution in [2.24, 2.45) is 5.10 Å². The molecule has 174 valence electrons. The summed E-state index contributed by atoms with van der Waals surface area (Å²) < 4.78 is 17.7. The Morgan fingerprint density at radius 2 is 1.88 bits per heavy atom. The molecule has 10 heteroatoms. The maximum absolute atomic E-state index is 12.4. The molecule has 0 aliphatic rings. The number of hydrogen-bond donors (Lipinski definition) is 1.